The van der Waals surface area contributed by atoms with Gasteiger partial charge in [0.15, 0.2) is 11.9 Å². The van der Waals surface area contributed by atoms with Crippen LogP contribution >= 0.6 is 0 Å². The Balaban J connectivity index is 2.12. The van der Waals surface area contributed by atoms with Gasteiger partial charge in [0, 0.05) is 17.5 Å². The van der Waals surface area contributed by atoms with E-state index in [2.05, 4.69) is 0 Å². The molecule has 1 atom stereocenters. The molecular weight excluding hydrogens is 348 g/mol. The Morgan fingerprint density at radius 2 is 1.52 bits per heavy atom. The van der Waals surface area contributed by atoms with Crippen molar-refractivity contribution in [1.29, 1.82) is 0 Å². The average Bonchev–Trinajstić information content (AvgIpc) is 2.68. The molecule has 0 saturated carbocycles. The van der Waals surface area contributed by atoms with Crippen LogP contribution in [-0.4, -0.2) is 42.1 Å². The van der Waals surface area contributed by atoms with Crippen molar-refractivity contribution in [3.8, 4) is 0 Å². The van der Waals surface area contributed by atoms with Gasteiger partial charge < -0.3 is 14.6 Å². The number of esters is 2. The van der Waals surface area contributed by atoms with Gasteiger partial charge in [-0.2, -0.15) is 0 Å². The Morgan fingerprint density at radius 1 is 0.889 bits per heavy atom. The number of benzene rings is 2. The zero-order chi connectivity index (χ0) is 19.8. The molecule has 1 N–H and O–H groups in total. The van der Waals surface area contributed by atoms with Crippen molar-refractivity contribution in [2.75, 3.05) is 13.2 Å². The van der Waals surface area contributed by atoms with Crippen molar-refractivity contribution < 1.29 is 29.0 Å². The van der Waals surface area contributed by atoms with Crippen LogP contribution in [0.1, 0.15) is 45.7 Å². The molecule has 142 valence electrons. The topological polar surface area (TPSA) is 89.9 Å². The summed E-state index contributed by atoms with van der Waals surface area (Å²) in [6.07, 6.45) is -1.22. The lowest BCUT2D eigenvalue weighted by atomic mass is 9.98. The van der Waals surface area contributed by atoms with E-state index in [1.54, 1.807) is 62.4 Å². The monoisotopic (exact) mass is 370 g/mol. The summed E-state index contributed by atoms with van der Waals surface area (Å²) in [6, 6.07) is 12.9. The van der Waals surface area contributed by atoms with Crippen LogP contribution in [-0.2, 0) is 20.7 Å². The van der Waals surface area contributed by atoms with Gasteiger partial charge in [0.1, 0.15) is 0 Å². The SMILES string of the molecule is CCOC(=O)c1ccc(C(=O)c2cccc(CC(O)C(=O)OCC)c2)cc1. The molecule has 0 aromatic heterocycles. The maximum absolute atomic E-state index is 12.7. The van der Waals surface area contributed by atoms with Gasteiger partial charge in [-0.3, -0.25) is 4.79 Å². The fourth-order valence-corrected chi connectivity index (χ4v) is 2.52. The number of rotatable bonds is 8. The Hall–Kier alpha value is -2.99. The minimum absolute atomic E-state index is 0.0573. The van der Waals surface area contributed by atoms with Crippen LogP contribution in [0, 0.1) is 0 Å². The lowest BCUT2D eigenvalue weighted by molar-refractivity contribution is -0.152. The predicted octanol–water partition coefficient (Wildman–Crippen LogP) is 2.56. The van der Waals surface area contributed by atoms with Crippen molar-refractivity contribution in [2.24, 2.45) is 0 Å². The second kappa shape index (κ2) is 9.64. The van der Waals surface area contributed by atoms with Gasteiger partial charge in [-0.25, -0.2) is 9.59 Å². The minimum Gasteiger partial charge on any atom is -0.464 e. The molecule has 0 heterocycles. The number of aliphatic hydroxyl groups is 1. The van der Waals surface area contributed by atoms with E-state index >= 15 is 0 Å². The summed E-state index contributed by atoms with van der Waals surface area (Å²) < 4.78 is 9.69. The third-order valence-electron chi connectivity index (χ3n) is 3.84. The number of hydrogen-bond donors (Lipinski definition) is 1. The molecule has 0 bridgehead atoms. The summed E-state index contributed by atoms with van der Waals surface area (Å²) in [5.41, 5.74) is 1.86. The fraction of sp³-hybridized carbons (Fsp3) is 0.286. The second-order valence-corrected chi connectivity index (χ2v) is 5.80. The molecule has 1 unspecified atom stereocenters. The van der Waals surface area contributed by atoms with E-state index in [0.29, 0.717) is 22.3 Å². The molecule has 0 aliphatic carbocycles. The average molecular weight is 370 g/mol. The lowest BCUT2D eigenvalue weighted by Gasteiger charge is -2.10. The largest absolute Gasteiger partial charge is 0.464 e. The summed E-state index contributed by atoms with van der Waals surface area (Å²) in [5.74, 6) is -1.35. The van der Waals surface area contributed by atoms with E-state index in [0.717, 1.165) is 0 Å². The number of carbonyl (C=O) groups is 3. The Kier molecular flexibility index (Phi) is 7.25. The highest BCUT2D eigenvalue weighted by Crippen LogP contribution is 2.15. The smallest absolute Gasteiger partial charge is 0.338 e. The van der Waals surface area contributed by atoms with Crippen LogP contribution in [0.2, 0.25) is 0 Å². The van der Waals surface area contributed by atoms with E-state index in [1.807, 2.05) is 0 Å². The maximum atomic E-state index is 12.7. The van der Waals surface area contributed by atoms with Gasteiger partial charge in [0.25, 0.3) is 0 Å². The highest BCUT2D eigenvalue weighted by atomic mass is 16.5. The summed E-state index contributed by atoms with van der Waals surface area (Å²) in [4.78, 5) is 35.9. The van der Waals surface area contributed by atoms with E-state index in [4.69, 9.17) is 9.47 Å². The minimum atomic E-state index is -1.28. The molecule has 0 radical (unpaired) electrons. The molecule has 0 spiro atoms. The van der Waals surface area contributed by atoms with Crippen molar-refractivity contribution in [3.63, 3.8) is 0 Å². The molecule has 27 heavy (non-hydrogen) atoms. The van der Waals surface area contributed by atoms with Gasteiger partial charge in [-0.05, 0) is 37.6 Å². The second-order valence-electron chi connectivity index (χ2n) is 5.80. The zero-order valence-corrected chi connectivity index (χ0v) is 15.3. The van der Waals surface area contributed by atoms with Gasteiger partial charge in [0.05, 0.1) is 18.8 Å². The molecule has 0 saturated heterocycles. The van der Waals surface area contributed by atoms with Crippen LogP contribution in [0.25, 0.3) is 0 Å². The first-order chi connectivity index (χ1) is 13.0. The molecule has 2 aromatic rings. The van der Waals surface area contributed by atoms with Crippen LogP contribution < -0.4 is 0 Å². The Morgan fingerprint density at radius 3 is 2.15 bits per heavy atom. The van der Waals surface area contributed by atoms with Gasteiger partial charge in [-0.1, -0.05) is 30.3 Å². The molecule has 6 nitrogen and oxygen atoms in total. The standard InChI is InChI=1S/C21H22O6/c1-3-26-20(24)16-10-8-15(9-11-16)19(23)17-7-5-6-14(12-17)13-18(22)21(25)27-4-2/h5-12,18,22H,3-4,13H2,1-2H3. The quantitative estimate of drug-likeness (QED) is 0.567. The van der Waals surface area contributed by atoms with Crippen LogP contribution in [0.3, 0.4) is 0 Å². The first-order valence-electron chi connectivity index (χ1n) is 8.71. The molecule has 0 aliphatic heterocycles. The van der Waals surface area contributed by atoms with E-state index in [-0.39, 0.29) is 25.4 Å². The first-order valence-corrected chi connectivity index (χ1v) is 8.71. The van der Waals surface area contributed by atoms with Crippen molar-refractivity contribution in [1.82, 2.24) is 0 Å². The first kappa shape index (κ1) is 20.3. The van der Waals surface area contributed by atoms with Crippen molar-refractivity contribution in [3.05, 3.63) is 70.8 Å². The zero-order valence-electron chi connectivity index (χ0n) is 15.3. The molecular formula is C21H22O6. The Bertz CT molecular complexity index is 810. The number of aliphatic hydroxyl groups excluding tert-OH is 1. The van der Waals surface area contributed by atoms with Gasteiger partial charge in [0.2, 0.25) is 0 Å². The third kappa shape index (κ3) is 5.49. The summed E-state index contributed by atoms with van der Waals surface area (Å²) in [7, 11) is 0. The van der Waals surface area contributed by atoms with E-state index in [1.165, 1.54) is 0 Å². The summed E-state index contributed by atoms with van der Waals surface area (Å²) >= 11 is 0. The molecule has 6 heteroatoms. The molecule has 0 fully saturated rings. The highest BCUT2D eigenvalue weighted by molar-refractivity contribution is 6.09. The van der Waals surface area contributed by atoms with Gasteiger partial charge >= 0.3 is 11.9 Å². The van der Waals surface area contributed by atoms with Crippen molar-refractivity contribution >= 4 is 17.7 Å². The molecule has 0 amide bonds. The number of ketones is 1. The third-order valence-corrected chi connectivity index (χ3v) is 3.84. The number of ether oxygens (including phenoxy) is 2. The van der Waals surface area contributed by atoms with E-state index in [9.17, 15) is 19.5 Å². The predicted molar refractivity (Wildman–Crippen MR) is 98.6 cm³/mol. The highest BCUT2D eigenvalue weighted by Gasteiger charge is 2.18. The van der Waals surface area contributed by atoms with Gasteiger partial charge in [-0.15, -0.1) is 0 Å². The lowest BCUT2D eigenvalue weighted by Crippen LogP contribution is -2.25. The normalized spacial score (nSPS) is 11.5. The van der Waals surface area contributed by atoms with Crippen molar-refractivity contribution in [2.45, 2.75) is 26.4 Å². The molecule has 2 aromatic carbocycles. The molecule has 2 rings (SSSR count). The molecule has 0 aliphatic rings. The van der Waals surface area contributed by atoms with Crippen LogP contribution in [0.15, 0.2) is 48.5 Å². The number of carbonyl (C=O) groups excluding carboxylic acids is 3. The summed E-state index contributed by atoms with van der Waals surface area (Å²) in [6.45, 7) is 3.86. The fourth-order valence-electron chi connectivity index (χ4n) is 2.52. The maximum Gasteiger partial charge on any atom is 0.338 e. The van der Waals surface area contributed by atoms with Crippen LogP contribution in [0.4, 0.5) is 0 Å². The van der Waals surface area contributed by atoms with E-state index < -0.39 is 18.0 Å². The summed E-state index contributed by atoms with van der Waals surface area (Å²) in [5, 5.41) is 9.87. The number of hydrogen-bond acceptors (Lipinski definition) is 6. The Labute approximate surface area is 157 Å². The van der Waals surface area contributed by atoms with Crippen LogP contribution in [0.5, 0.6) is 0 Å².